The summed E-state index contributed by atoms with van der Waals surface area (Å²) in [6.45, 7) is -0.208. The zero-order chi connectivity index (χ0) is 13.7. The van der Waals surface area contributed by atoms with Gasteiger partial charge in [-0.05, 0) is 12.1 Å². The lowest BCUT2D eigenvalue weighted by atomic mass is 10.2. The summed E-state index contributed by atoms with van der Waals surface area (Å²) < 4.78 is 4.61. The first-order chi connectivity index (χ1) is 8.40. The van der Waals surface area contributed by atoms with Crippen molar-refractivity contribution in [2.45, 2.75) is 0 Å². The fraction of sp³-hybridized carbons (Fsp3) is 0.100. The van der Waals surface area contributed by atoms with Gasteiger partial charge < -0.3 is 20.7 Å². The zero-order valence-electron chi connectivity index (χ0n) is 9.04. The third kappa shape index (κ3) is 3.91. The Labute approximate surface area is 107 Å². The van der Waals surface area contributed by atoms with Crippen molar-refractivity contribution < 1.29 is 24.5 Å². The number of aromatic carboxylic acids is 1. The molecule has 0 saturated heterocycles. The van der Waals surface area contributed by atoms with E-state index in [1.165, 1.54) is 6.07 Å². The lowest BCUT2D eigenvalue weighted by Crippen LogP contribution is -2.22. The maximum Gasteiger partial charge on any atom is 0.412 e. The van der Waals surface area contributed by atoms with E-state index >= 15 is 0 Å². The highest BCUT2D eigenvalue weighted by atomic mass is 32.1. The highest BCUT2D eigenvalue weighted by molar-refractivity contribution is 7.80. The molecule has 0 aromatic heterocycles. The number of ether oxygens (including phenoxy) is 1. The van der Waals surface area contributed by atoms with E-state index < -0.39 is 17.8 Å². The molecule has 0 spiro atoms. The van der Waals surface area contributed by atoms with Gasteiger partial charge in [0.05, 0.1) is 0 Å². The number of carboxylic acid groups (broad SMARTS) is 1. The first kappa shape index (κ1) is 13.7. The number of phenols is 1. The molecule has 0 saturated carbocycles. The van der Waals surface area contributed by atoms with Crippen LogP contribution in [0.4, 0.5) is 10.5 Å². The van der Waals surface area contributed by atoms with Crippen LogP contribution in [-0.2, 0) is 4.74 Å². The van der Waals surface area contributed by atoms with Gasteiger partial charge in [0.25, 0.3) is 0 Å². The van der Waals surface area contributed by atoms with Crippen molar-refractivity contribution in [3.05, 3.63) is 23.8 Å². The van der Waals surface area contributed by atoms with Gasteiger partial charge in [-0.25, -0.2) is 9.59 Å². The summed E-state index contributed by atoms with van der Waals surface area (Å²) in [7, 11) is 0. The van der Waals surface area contributed by atoms with E-state index in [1.807, 2.05) is 0 Å². The maximum atomic E-state index is 11.2. The molecule has 96 valence electrons. The number of benzene rings is 1. The molecule has 0 radical (unpaired) electrons. The smallest absolute Gasteiger partial charge is 0.412 e. The predicted molar refractivity (Wildman–Crippen MR) is 66.8 cm³/mol. The molecule has 0 heterocycles. The number of aromatic hydroxyl groups is 1. The monoisotopic (exact) mass is 270 g/mol. The third-order valence-corrected chi connectivity index (χ3v) is 1.94. The average Bonchev–Trinajstić information content (AvgIpc) is 2.26. The first-order valence-corrected chi connectivity index (χ1v) is 5.09. The summed E-state index contributed by atoms with van der Waals surface area (Å²) in [6.07, 6.45) is -0.815. The molecule has 0 fully saturated rings. The average molecular weight is 270 g/mol. The number of nitrogens with one attached hydrogen (secondary N) is 1. The van der Waals surface area contributed by atoms with E-state index in [-0.39, 0.29) is 22.8 Å². The normalized spacial score (nSPS) is 9.56. The summed E-state index contributed by atoms with van der Waals surface area (Å²) in [6, 6.07) is 3.55. The molecule has 1 amide bonds. The fourth-order valence-electron chi connectivity index (χ4n) is 1.08. The number of hydrogen-bond acceptors (Lipinski definition) is 5. The molecule has 0 aliphatic carbocycles. The Hall–Kier alpha value is -2.35. The molecule has 7 nitrogen and oxygen atoms in total. The van der Waals surface area contributed by atoms with Gasteiger partial charge in [0, 0.05) is 11.8 Å². The first-order valence-electron chi connectivity index (χ1n) is 4.68. The zero-order valence-corrected chi connectivity index (χ0v) is 9.86. The van der Waals surface area contributed by atoms with Crippen molar-refractivity contribution in [3.8, 4) is 5.75 Å². The van der Waals surface area contributed by atoms with E-state index in [2.05, 4.69) is 22.3 Å². The summed E-state index contributed by atoms with van der Waals surface area (Å²) in [5.41, 5.74) is 5.05. The van der Waals surface area contributed by atoms with Gasteiger partial charge in [0.1, 0.15) is 22.9 Å². The second kappa shape index (κ2) is 5.82. The van der Waals surface area contributed by atoms with Crippen LogP contribution in [0.2, 0.25) is 0 Å². The molecule has 0 bridgehead atoms. The minimum absolute atomic E-state index is 0.0224. The number of thiocarbonyl (C=S) groups is 1. The van der Waals surface area contributed by atoms with Crippen molar-refractivity contribution in [2.24, 2.45) is 5.73 Å². The highest BCUT2D eigenvalue weighted by Gasteiger charge is 2.11. The molecule has 1 rings (SSSR count). The number of hydrogen-bond donors (Lipinski definition) is 4. The van der Waals surface area contributed by atoms with Crippen molar-refractivity contribution in [1.82, 2.24) is 0 Å². The molecule has 0 aliphatic rings. The van der Waals surface area contributed by atoms with Crippen LogP contribution in [0.1, 0.15) is 10.4 Å². The van der Waals surface area contributed by atoms with Crippen LogP contribution in [0.3, 0.4) is 0 Å². The SMILES string of the molecule is NC(=S)COC(=O)Nc1ccc(C(=O)O)c(O)c1. The van der Waals surface area contributed by atoms with E-state index in [1.54, 1.807) is 0 Å². The Balaban J connectivity index is 2.69. The van der Waals surface area contributed by atoms with Crippen LogP contribution >= 0.6 is 12.2 Å². The van der Waals surface area contributed by atoms with Crippen LogP contribution in [0, 0.1) is 0 Å². The number of amides is 1. The lowest BCUT2D eigenvalue weighted by molar-refractivity contribution is 0.0693. The molecule has 18 heavy (non-hydrogen) atoms. The Kier molecular flexibility index (Phi) is 4.44. The molecule has 0 aliphatic heterocycles. The maximum absolute atomic E-state index is 11.2. The second-order valence-corrected chi connectivity index (χ2v) is 3.73. The molecule has 0 unspecified atom stereocenters. The minimum atomic E-state index is -1.27. The van der Waals surface area contributed by atoms with Gasteiger partial charge in [-0.3, -0.25) is 5.32 Å². The van der Waals surface area contributed by atoms with Crippen molar-refractivity contribution >= 4 is 35.0 Å². The van der Waals surface area contributed by atoms with Gasteiger partial charge >= 0.3 is 12.1 Å². The van der Waals surface area contributed by atoms with Crippen LogP contribution in [0.5, 0.6) is 5.75 Å². The third-order valence-electron chi connectivity index (χ3n) is 1.82. The molecular weight excluding hydrogens is 260 g/mol. The minimum Gasteiger partial charge on any atom is -0.507 e. The van der Waals surface area contributed by atoms with Crippen LogP contribution in [0.15, 0.2) is 18.2 Å². The summed E-state index contributed by atoms with van der Waals surface area (Å²) in [5.74, 6) is -1.73. The van der Waals surface area contributed by atoms with Gasteiger partial charge in [0.2, 0.25) is 0 Å². The Morgan fingerprint density at radius 1 is 1.44 bits per heavy atom. The predicted octanol–water partition coefficient (Wildman–Crippen LogP) is 0.925. The number of rotatable bonds is 4. The molecule has 1 aromatic carbocycles. The second-order valence-electron chi connectivity index (χ2n) is 3.20. The number of carbonyl (C=O) groups is 2. The van der Waals surface area contributed by atoms with E-state index in [0.29, 0.717) is 0 Å². The van der Waals surface area contributed by atoms with Crippen LogP contribution < -0.4 is 11.1 Å². The van der Waals surface area contributed by atoms with E-state index in [0.717, 1.165) is 12.1 Å². The highest BCUT2D eigenvalue weighted by Crippen LogP contribution is 2.21. The largest absolute Gasteiger partial charge is 0.507 e. The van der Waals surface area contributed by atoms with Crippen molar-refractivity contribution in [2.75, 3.05) is 11.9 Å². The molecule has 1 aromatic rings. The lowest BCUT2D eigenvalue weighted by Gasteiger charge is -2.07. The van der Waals surface area contributed by atoms with Crippen molar-refractivity contribution in [1.29, 1.82) is 0 Å². The molecule has 0 atom stereocenters. The quantitative estimate of drug-likeness (QED) is 0.600. The number of anilines is 1. The number of nitrogens with two attached hydrogens (primary N) is 1. The summed E-state index contributed by atoms with van der Waals surface area (Å²) in [5, 5.41) is 20.3. The number of carboxylic acids is 1. The van der Waals surface area contributed by atoms with Crippen LogP contribution in [-0.4, -0.2) is 33.9 Å². The molecule has 5 N–H and O–H groups in total. The van der Waals surface area contributed by atoms with Crippen molar-refractivity contribution in [3.63, 3.8) is 0 Å². The summed E-state index contributed by atoms with van der Waals surface area (Å²) in [4.78, 5) is 21.9. The van der Waals surface area contributed by atoms with Gasteiger partial charge in [-0.2, -0.15) is 0 Å². The molecule has 8 heteroatoms. The fourth-order valence-corrected chi connectivity index (χ4v) is 1.14. The Morgan fingerprint density at radius 3 is 2.61 bits per heavy atom. The molecular formula is C10H10N2O5S. The Bertz CT molecular complexity index is 503. The van der Waals surface area contributed by atoms with E-state index in [4.69, 9.17) is 10.8 Å². The van der Waals surface area contributed by atoms with Gasteiger partial charge in [-0.1, -0.05) is 12.2 Å². The van der Waals surface area contributed by atoms with Gasteiger partial charge in [-0.15, -0.1) is 0 Å². The number of carbonyl (C=O) groups excluding carboxylic acids is 1. The van der Waals surface area contributed by atoms with Crippen LogP contribution in [0.25, 0.3) is 0 Å². The summed E-state index contributed by atoms with van der Waals surface area (Å²) >= 11 is 4.51. The van der Waals surface area contributed by atoms with E-state index in [9.17, 15) is 14.7 Å². The topological polar surface area (TPSA) is 122 Å². The standard InChI is InChI=1S/C10H10N2O5S/c11-8(18)4-17-10(16)12-5-1-2-6(9(14)15)7(13)3-5/h1-3,13H,4H2,(H2,11,18)(H,12,16)(H,14,15). The Morgan fingerprint density at radius 2 is 2.11 bits per heavy atom. The van der Waals surface area contributed by atoms with Gasteiger partial charge in [0.15, 0.2) is 0 Å².